The summed E-state index contributed by atoms with van der Waals surface area (Å²) in [6, 6.07) is 8.46. The van der Waals surface area contributed by atoms with Gasteiger partial charge >= 0.3 is 0 Å². The summed E-state index contributed by atoms with van der Waals surface area (Å²) in [6.45, 7) is 2.16. The topological polar surface area (TPSA) is 34.2 Å². The number of hydrogen-bond donors (Lipinski definition) is 1. The summed E-state index contributed by atoms with van der Waals surface area (Å²) in [5, 5.41) is 6.49. The summed E-state index contributed by atoms with van der Waals surface area (Å²) in [6.07, 6.45) is 0.963. The van der Waals surface area contributed by atoms with Gasteiger partial charge in [-0.25, -0.2) is 4.98 Å². The van der Waals surface area contributed by atoms with E-state index in [9.17, 15) is 0 Å². The Kier molecular flexibility index (Phi) is 4.33. The van der Waals surface area contributed by atoms with Crippen molar-refractivity contribution in [2.45, 2.75) is 19.4 Å². The summed E-state index contributed by atoms with van der Waals surface area (Å²) in [7, 11) is 3.65. The number of aromatic nitrogens is 1. The van der Waals surface area contributed by atoms with E-state index in [-0.39, 0.29) is 0 Å². The molecule has 0 aliphatic carbocycles. The number of likely N-dealkylation sites (N-methyl/N-ethyl adjacent to an activating group) is 1. The van der Waals surface area contributed by atoms with Gasteiger partial charge in [0.25, 0.3) is 0 Å². The minimum Gasteiger partial charge on any atom is -0.497 e. The smallest absolute Gasteiger partial charge is 0.119 e. The predicted molar refractivity (Wildman–Crippen MR) is 76.3 cm³/mol. The Morgan fingerprint density at radius 1 is 1.44 bits per heavy atom. The van der Waals surface area contributed by atoms with Crippen molar-refractivity contribution >= 4 is 11.3 Å². The summed E-state index contributed by atoms with van der Waals surface area (Å²) in [5.41, 5.74) is 2.13. The van der Waals surface area contributed by atoms with E-state index in [1.807, 2.05) is 25.2 Å². The predicted octanol–water partition coefficient (Wildman–Crippen LogP) is 2.97. The van der Waals surface area contributed by atoms with Crippen LogP contribution in [0.5, 0.6) is 5.75 Å². The van der Waals surface area contributed by atoms with E-state index in [2.05, 4.69) is 28.7 Å². The second kappa shape index (κ2) is 5.98. The number of benzene rings is 1. The van der Waals surface area contributed by atoms with E-state index in [4.69, 9.17) is 4.74 Å². The molecule has 0 bridgehead atoms. The maximum absolute atomic E-state index is 5.23. The zero-order chi connectivity index (χ0) is 13.0. The van der Waals surface area contributed by atoms with Crippen LogP contribution in [0.25, 0.3) is 11.3 Å². The lowest BCUT2D eigenvalue weighted by Crippen LogP contribution is -2.23. The molecule has 0 saturated heterocycles. The van der Waals surface area contributed by atoms with Crippen molar-refractivity contribution in [3.05, 3.63) is 34.7 Å². The quantitative estimate of drug-likeness (QED) is 0.899. The third kappa shape index (κ3) is 3.09. The lowest BCUT2D eigenvalue weighted by molar-refractivity contribution is 0.415. The molecule has 1 heterocycles. The first kappa shape index (κ1) is 13.1. The second-order valence-electron chi connectivity index (χ2n) is 4.25. The molecule has 1 unspecified atom stereocenters. The molecule has 0 spiro atoms. The number of thiazole rings is 1. The van der Waals surface area contributed by atoms with Crippen LogP contribution in [0.4, 0.5) is 0 Å². The van der Waals surface area contributed by atoms with Gasteiger partial charge in [-0.1, -0.05) is 12.1 Å². The van der Waals surface area contributed by atoms with Crippen LogP contribution in [0.15, 0.2) is 29.6 Å². The largest absolute Gasteiger partial charge is 0.497 e. The van der Waals surface area contributed by atoms with Crippen LogP contribution in [0, 0.1) is 0 Å². The molecular formula is C14H18N2OS. The molecule has 0 radical (unpaired) electrons. The van der Waals surface area contributed by atoms with E-state index < -0.39 is 0 Å². The molecule has 2 rings (SSSR count). The van der Waals surface area contributed by atoms with Crippen LogP contribution in [-0.2, 0) is 6.42 Å². The van der Waals surface area contributed by atoms with Gasteiger partial charge in [0.2, 0.25) is 0 Å². The van der Waals surface area contributed by atoms with Crippen LogP contribution >= 0.6 is 11.3 Å². The Morgan fingerprint density at radius 3 is 3.00 bits per heavy atom. The number of hydrogen-bond acceptors (Lipinski definition) is 4. The Balaban J connectivity index is 2.18. The first-order valence-corrected chi connectivity index (χ1v) is 6.87. The van der Waals surface area contributed by atoms with Gasteiger partial charge in [0.15, 0.2) is 0 Å². The Hall–Kier alpha value is -1.39. The van der Waals surface area contributed by atoms with Crippen molar-refractivity contribution in [2.24, 2.45) is 0 Å². The van der Waals surface area contributed by atoms with Crippen LogP contribution < -0.4 is 10.1 Å². The number of ether oxygens (including phenoxy) is 1. The van der Waals surface area contributed by atoms with Crippen molar-refractivity contribution < 1.29 is 4.74 Å². The highest BCUT2D eigenvalue weighted by Gasteiger charge is 2.08. The molecule has 1 N–H and O–H groups in total. The van der Waals surface area contributed by atoms with Gasteiger partial charge in [-0.15, -0.1) is 11.3 Å². The summed E-state index contributed by atoms with van der Waals surface area (Å²) < 4.78 is 5.23. The number of nitrogens with zero attached hydrogens (tertiary/aromatic N) is 1. The Labute approximate surface area is 112 Å². The van der Waals surface area contributed by atoms with Crippen LogP contribution in [-0.4, -0.2) is 25.2 Å². The molecule has 0 aliphatic rings. The number of rotatable bonds is 5. The zero-order valence-electron chi connectivity index (χ0n) is 10.9. The minimum absolute atomic E-state index is 0.453. The van der Waals surface area contributed by atoms with Gasteiger partial charge in [0.1, 0.15) is 5.75 Å². The maximum Gasteiger partial charge on any atom is 0.119 e. The van der Waals surface area contributed by atoms with Gasteiger partial charge in [-0.05, 0) is 26.1 Å². The third-order valence-corrected chi connectivity index (χ3v) is 3.76. The van der Waals surface area contributed by atoms with Crippen molar-refractivity contribution in [2.75, 3.05) is 14.2 Å². The van der Waals surface area contributed by atoms with Crippen LogP contribution in [0.2, 0.25) is 0 Å². The summed E-state index contributed by atoms with van der Waals surface area (Å²) in [5.74, 6) is 0.866. The van der Waals surface area contributed by atoms with Crippen LogP contribution in [0.3, 0.4) is 0 Å². The minimum atomic E-state index is 0.453. The monoisotopic (exact) mass is 262 g/mol. The third-order valence-electron chi connectivity index (χ3n) is 2.89. The fourth-order valence-electron chi connectivity index (χ4n) is 1.68. The fraction of sp³-hybridized carbons (Fsp3) is 0.357. The second-order valence-corrected chi connectivity index (χ2v) is 5.19. The molecule has 0 saturated carbocycles. The highest BCUT2D eigenvalue weighted by atomic mass is 32.1. The molecular weight excluding hydrogens is 244 g/mol. The van der Waals surface area contributed by atoms with Gasteiger partial charge in [-0.2, -0.15) is 0 Å². The molecule has 1 aromatic heterocycles. The zero-order valence-corrected chi connectivity index (χ0v) is 11.8. The Morgan fingerprint density at radius 2 is 2.28 bits per heavy atom. The van der Waals surface area contributed by atoms with Gasteiger partial charge in [-0.3, -0.25) is 0 Å². The van der Waals surface area contributed by atoms with E-state index in [0.29, 0.717) is 6.04 Å². The Bertz CT molecular complexity index is 510. The van der Waals surface area contributed by atoms with Crippen molar-refractivity contribution in [3.63, 3.8) is 0 Å². The number of nitrogens with one attached hydrogen (secondary N) is 1. The van der Waals surface area contributed by atoms with E-state index in [1.165, 1.54) is 0 Å². The lowest BCUT2D eigenvalue weighted by atomic mass is 10.1. The van der Waals surface area contributed by atoms with Gasteiger partial charge in [0, 0.05) is 23.4 Å². The molecule has 4 heteroatoms. The van der Waals surface area contributed by atoms with Crippen LogP contribution in [0.1, 0.15) is 11.9 Å². The SMILES string of the molecule is CNC(C)Cc1nc(-c2cccc(OC)c2)cs1. The highest BCUT2D eigenvalue weighted by Crippen LogP contribution is 2.25. The van der Waals surface area contributed by atoms with Gasteiger partial charge in [0.05, 0.1) is 17.8 Å². The lowest BCUT2D eigenvalue weighted by Gasteiger charge is -2.06. The molecule has 0 amide bonds. The summed E-state index contributed by atoms with van der Waals surface area (Å²) >= 11 is 1.71. The van der Waals surface area contributed by atoms with Crippen molar-refractivity contribution in [3.8, 4) is 17.0 Å². The van der Waals surface area contributed by atoms with E-state index in [1.54, 1.807) is 18.4 Å². The summed E-state index contributed by atoms with van der Waals surface area (Å²) in [4.78, 5) is 4.67. The molecule has 0 fully saturated rings. The first-order chi connectivity index (χ1) is 8.72. The normalized spacial score (nSPS) is 12.4. The standard InChI is InChI=1S/C14H18N2OS/c1-10(15-2)7-14-16-13(9-18-14)11-5-4-6-12(8-11)17-3/h4-6,8-10,15H,7H2,1-3H3. The van der Waals surface area contributed by atoms with Crippen molar-refractivity contribution in [1.29, 1.82) is 0 Å². The molecule has 1 aromatic carbocycles. The maximum atomic E-state index is 5.23. The van der Waals surface area contributed by atoms with Gasteiger partial charge < -0.3 is 10.1 Å². The number of methoxy groups -OCH3 is 1. The van der Waals surface area contributed by atoms with Crippen molar-refractivity contribution in [1.82, 2.24) is 10.3 Å². The molecule has 3 nitrogen and oxygen atoms in total. The molecule has 0 aliphatic heterocycles. The fourth-order valence-corrected chi connectivity index (χ4v) is 2.62. The average Bonchev–Trinajstić information content (AvgIpc) is 2.87. The first-order valence-electron chi connectivity index (χ1n) is 5.99. The van der Waals surface area contributed by atoms with E-state index in [0.717, 1.165) is 28.4 Å². The molecule has 96 valence electrons. The average molecular weight is 262 g/mol. The molecule has 1 atom stereocenters. The molecule has 2 aromatic rings. The van der Waals surface area contributed by atoms with E-state index >= 15 is 0 Å². The molecule has 18 heavy (non-hydrogen) atoms. The highest BCUT2D eigenvalue weighted by molar-refractivity contribution is 7.09.